The van der Waals surface area contributed by atoms with Crippen molar-refractivity contribution in [3.63, 3.8) is 0 Å². The van der Waals surface area contributed by atoms with E-state index in [1.54, 1.807) is 0 Å². The number of hydrogen-bond donors (Lipinski definition) is 2. The molecule has 3 atom stereocenters. The van der Waals surface area contributed by atoms with E-state index in [1.165, 1.54) is 23.6 Å². The molecule has 2 aliphatic heterocycles. The number of rotatable bonds is 3. The first-order chi connectivity index (χ1) is 10.0. The van der Waals surface area contributed by atoms with Crippen LogP contribution in [0, 0.1) is 0 Å². The molecule has 22 heavy (non-hydrogen) atoms. The lowest BCUT2D eigenvalue weighted by Gasteiger charge is -2.52. The number of carbonyl (C=O) groups excluding carboxylic acids is 3. The van der Waals surface area contributed by atoms with E-state index in [0.29, 0.717) is 0 Å². The molecule has 11 heteroatoms. The van der Waals surface area contributed by atoms with Gasteiger partial charge < -0.3 is 20.1 Å². The summed E-state index contributed by atoms with van der Waals surface area (Å²) in [7, 11) is 0. The first kappa shape index (κ1) is 17.9. The molecule has 0 radical (unpaired) electrons. The Morgan fingerprint density at radius 2 is 2.18 bits per heavy atom. The van der Waals surface area contributed by atoms with E-state index in [0.717, 1.165) is 0 Å². The van der Waals surface area contributed by atoms with Crippen molar-refractivity contribution in [3.05, 3.63) is 0 Å². The molecule has 0 aromatic rings. The number of aliphatic hydroxyl groups is 1. The van der Waals surface area contributed by atoms with Crippen LogP contribution in [0.2, 0.25) is 0 Å². The molecule has 0 aliphatic carbocycles. The number of thioether (sulfide) groups is 1. The summed E-state index contributed by atoms with van der Waals surface area (Å²) in [6, 6.07) is -0.635. The van der Waals surface area contributed by atoms with Gasteiger partial charge in [0.05, 0.1) is 6.54 Å². The number of β-lactam (4-membered cyclic amide) rings is 1. The third kappa shape index (κ3) is 3.73. The lowest BCUT2D eigenvalue weighted by Crippen LogP contribution is -2.75. The van der Waals surface area contributed by atoms with Crippen LogP contribution in [0.15, 0.2) is 0 Å². The third-order valence-electron chi connectivity index (χ3n) is 3.17. The molecule has 2 rings (SSSR count). The molecule has 2 fully saturated rings. The molecule has 2 unspecified atom stereocenters. The Kier molecular flexibility index (Phi) is 5.09. The van der Waals surface area contributed by atoms with Crippen LogP contribution in [0.5, 0.6) is 0 Å². The highest BCUT2D eigenvalue weighted by Gasteiger charge is 2.57. The van der Waals surface area contributed by atoms with Crippen LogP contribution in [-0.2, 0) is 19.1 Å². The second-order valence-corrected chi connectivity index (χ2v) is 8.69. The number of alkyl halides is 3. The number of nitrogens with zero attached hydrogens (tertiary/aromatic N) is 1. The summed E-state index contributed by atoms with van der Waals surface area (Å²) in [5, 5.41) is 12.6. The van der Waals surface area contributed by atoms with Crippen LogP contribution in [0.4, 0.5) is 0 Å². The Labute approximate surface area is 145 Å². The van der Waals surface area contributed by atoms with Crippen molar-refractivity contribution in [1.82, 2.24) is 10.2 Å². The Hall–Kier alpha value is -0.410. The number of ether oxygens (including phenoxy) is 1. The molecule has 0 bridgehead atoms. The van der Waals surface area contributed by atoms with Gasteiger partial charge in [-0.05, 0) is 0 Å². The minimum atomic E-state index is -1.87. The van der Waals surface area contributed by atoms with Gasteiger partial charge in [0.2, 0.25) is 15.6 Å². The predicted molar refractivity (Wildman–Crippen MR) is 81.8 cm³/mol. The monoisotopic (exact) mass is 390 g/mol. The van der Waals surface area contributed by atoms with Crippen molar-refractivity contribution in [2.45, 2.75) is 27.7 Å². The van der Waals surface area contributed by atoms with Crippen LogP contribution in [-0.4, -0.2) is 67.5 Å². The molecule has 2 N–H and O–H groups in total. The molecular weight excluding hydrogens is 379 g/mol. The lowest BCUT2D eigenvalue weighted by atomic mass is 9.99. The maximum absolute atomic E-state index is 11.9. The van der Waals surface area contributed by atoms with Crippen molar-refractivity contribution in [1.29, 1.82) is 0 Å². The third-order valence-corrected chi connectivity index (χ3v) is 5.01. The van der Waals surface area contributed by atoms with E-state index in [2.05, 4.69) is 5.32 Å². The van der Waals surface area contributed by atoms with Crippen molar-refractivity contribution in [2.24, 2.45) is 0 Å². The SMILES string of the molecule is CC(=O)NC1C(=O)N2CC(O)(C(=O)OCC(Cl)(Cl)Cl)CS[C@H]12. The van der Waals surface area contributed by atoms with E-state index < -0.39 is 28.0 Å². The summed E-state index contributed by atoms with van der Waals surface area (Å²) in [6.45, 7) is 0.585. The number of fused-ring (bicyclic) bond motifs is 1. The number of nitrogens with one attached hydrogen (secondary N) is 1. The minimum Gasteiger partial charge on any atom is -0.459 e. The normalized spacial score (nSPS) is 31.1. The lowest BCUT2D eigenvalue weighted by molar-refractivity contribution is -0.171. The van der Waals surface area contributed by atoms with Gasteiger partial charge in [0.25, 0.3) is 0 Å². The highest BCUT2D eigenvalue weighted by molar-refractivity contribution is 8.00. The van der Waals surface area contributed by atoms with Crippen LogP contribution in [0.3, 0.4) is 0 Å². The first-order valence-corrected chi connectivity index (χ1v) is 8.37. The number of esters is 1. The minimum absolute atomic E-state index is 0.0101. The summed E-state index contributed by atoms with van der Waals surface area (Å²) in [5.41, 5.74) is -1.87. The van der Waals surface area contributed by atoms with Gasteiger partial charge >= 0.3 is 5.97 Å². The quantitative estimate of drug-likeness (QED) is 0.401. The van der Waals surface area contributed by atoms with Gasteiger partial charge in [-0.3, -0.25) is 9.59 Å². The van der Waals surface area contributed by atoms with Gasteiger partial charge in [0.1, 0.15) is 18.0 Å². The van der Waals surface area contributed by atoms with Gasteiger partial charge in [0, 0.05) is 12.7 Å². The molecule has 2 aliphatic rings. The van der Waals surface area contributed by atoms with Gasteiger partial charge in [-0.2, -0.15) is 0 Å². The maximum atomic E-state index is 11.9. The zero-order chi connectivity index (χ0) is 16.7. The van der Waals surface area contributed by atoms with Gasteiger partial charge in [-0.15, -0.1) is 11.8 Å². The molecule has 0 aromatic heterocycles. The van der Waals surface area contributed by atoms with Crippen molar-refractivity contribution in [3.8, 4) is 0 Å². The van der Waals surface area contributed by atoms with E-state index in [9.17, 15) is 19.5 Å². The van der Waals surface area contributed by atoms with Gasteiger partial charge in [0.15, 0.2) is 5.60 Å². The fourth-order valence-electron chi connectivity index (χ4n) is 2.19. The first-order valence-electron chi connectivity index (χ1n) is 6.19. The smallest absolute Gasteiger partial charge is 0.341 e. The Balaban J connectivity index is 1.96. The summed E-state index contributed by atoms with van der Waals surface area (Å²) in [5.74, 6) is -1.63. The number of hydrogen-bond acceptors (Lipinski definition) is 6. The molecule has 0 aromatic carbocycles. The fourth-order valence-corrected chi connectivity index (χ4v) is 3.74. The molecule has 2 amide bonds. The molecular formula is C11H13Cl3N2O5S. The fraction of sp³-hybridized carbons (Fsp3) is 0.727. The molecule has 2 saturated heterocycles. The Morgan fingerprint density at radius 1 is 1.55 bits per heavy atom. The average molecular weight is 392 g/mol. The molecule has 2 heterocycles. The van der Waals surface area contributed by atoms with Gasteiger partial charge in [-0.25, -0.2) is 4.79 Å². The topological polar surface area (TPSA) is 95.9 Å². The highest BCUT2D eigenvalue weighted by Crippen LogP contribution is 2.39. The summed E-state index contributed by atoms with van der Waals surface area (Å²) in [6.07, 6.45) is 0. The van der Waals surface area contributed by atoms with Crippen LogP contribution >= 0.6 is 46.6 Å². The van der Waals surface area contributed by atoms with E-state index >= 15 is 0 Å². The highest BCUT2D eigenvalue weighted by atomic mass is 35.6. The number of amides is 2. The number of carbonyl (C=O) groups is 3. The van der Waals surface area contributed by atoms with E-state index in [1.807, 2.05) is 0 Å². The second kappa shape index (κ2) is 6.24. The van der Waals surface area contributed by atoms with Crippen LogP contribution < -0.4 is 5.32 Å². The van der Waals surface area contributed by atoms with Crippen LogP contribution in [0.25, 0.3) is 0 Å². The van der Waals surface area contributed by atoms with E-state index in [4.69, 9.17) is 39.5 Å². The molecule has 0 spiro atoms. The standard InChI is InChI=1S/C11H13Cl3N2O5S/c1-5(17)15-6-7(18)16-2-10(20,4-22-8(6)16)9(19)21-3-11(12,13)14/h6,8,20H,2-4H2,1H3,(H,15,17)/t6?,8-,10?/m1/s1. The van der Waals surface area contributed by atoms with Crippen molar-refractivity contribution in [2.75, 3.05) is 18.9 Å². The number of halogens is 3. The molecule has 7 nitrogen and oxygen atoms in total. The Bertz CT molecular complexity index is 514. The summed E-state index contributed by atoms with van der Waals surface area (Å²) >= 11 is 17.6. The molecule has 0 saturated carbocycles. The van der Waals surface area contributed by atoms with Gasteiger partial charge in [-0.1, -0.05) is 34.8 Å². The zero-order valence-corrected chi connectivity index (χ0v) is 14.4. The van der Waals surface area contributed by atoms with Crippen molar-refractivity contribution >= 4 is 64.3 Å². The zero-order valence-electron chi connectivity index (χ0n) is 11.3. The Morgan fingerprint density at radius 3 is 2.73 bits per heavy atom. The van der Waals surface area contributed by atoms with Crippen LogP contribution in [0.1, 0.15) is 6.92 Å². The predicted octanol–water partition coefficient (Wildman–Crippen LogP) is 0.0507. The van der Waals surface area contributed by atoms with Crippen molar-refractivity contribution < 1.29 is 24.2 Å². The van der Waals surface area contributed by atoms with E-state index in [-0.39, 0.29) is 29.5 Å². The summed E-state index contributed by atoms with van der Waals surface area (Å²) in [4.78, 5) is 36.2. The molecule has 124 valence electrons. The summed E-state index contributed by atoms with van der Waals surface area (Å²) < 4.78 is 3.00. The average Bonchev–Trinajstić information content (AvgIpc) is 2.41. The largest absolute Gasteiger partial charge is 0.459 e. The maximum Gasteiger partial charge on any atom is 0.341 e. The second-order valence-electron chi connectivity index (χ2n) is 5.07.